The van der Waals surface area contributed by atoms with Crippen LogP contribution in [0.5, 0.6) is 0 Å². The van der Waals surface area contributed by atoms with Crippen LogP contribution in [0, 0.1) is 5.92 Å². The summed E-state index contributed by atoms with van der Waals surface area (Å²) in [5.41, 5.74) is -1.28. The van der Waals surface area contributed by atoms with E-state index in [2.05, 4.69) is 10.2 Å². The van der Waals surface area contributed by atoms with Crippen molar-refractivity contribution in [2.24, 2.45) is 5.92 Å². The second-order valence-electron chi connectivity index (χ2n) is 4.22. The van der Waals surface area contributed by atoms with E-state index < -0.39 is 35.5 Å². The molecule has 1 heterocycles. The Labute approximate surface area is 96.1 Å². The average molecular weight is 244 g/mol. The number of rotatable bonds is 3. The molecule has 0 aromatic heterocycles. The highest BCUT2D eigenvalue weighted by Gasteiger charge is 2.55. The van der Waals surface area contributed by atoms with Crippen molar-refractivity contribution < 1.29 is 29.4 Å². The van der Waals surface area contributed by atoms with Crippen LogP contribution in [-0.4, -0.2) is 51.9 Å². The van der Waals surface area contributed by atoms with Gasteiger partial charge in [0.2, 0.25) is 5.91 Å². The Hall–Kier alpha value is -1.67. The Morgan fingerprint density at radius 2 is 2.12 bits per heavy atom. The third-order valence-electron chi connectivity index (χ3n) is 2.96. The normalized spacial score (nSPS) is 30.8. The van der Waals surface area contributed by atoms with Crippen molar-refractivity contribution in [1.29, 1.82) is 0 Å². The highest BCUT2D eigenvalue weighted by atomic mass is 16.7. The van der Waals surface area contributed by atoms with Gasteiger partial charge in [-0.3, -0.25) is 4.79 Å². The van der Waals surface area contributed by atoms with Crippen molar-refractivity contribution >= 4 is 17.8 Å². The quantitative estimate of drug-likeness (QED) is 0.494. The third-order valence-corrected chi connectivity index (χ3v) is 2.96. The molecule has 0 bridgehead atoms. The van der Waals surface area contributed by atoms with Gasteiger partial charge in [0, 0.05) is 7.05 Å². The number of hydrogen-bond acceptors (Lipinski definition) is 6. The van der Waals surface area contributed by atoms with Gasteiger partial charge in [0.05, 0.1) is 0 Å². The number of carbonyl (C=O) groups excluding carboxylic acids is 2. The number of nitrogens with one attached hydrogen (secondary N) is 1. The van der Waals surface area contributed by atoms with Gasteiger partial charge in [-0.15, -0.1) is 5.06 Å². The molecule has 2 unspecified atom stereocenters. The Balaban J connectivity index is 2.06. The van der Waals surface area contributed by atoms with Gasteiger partial charge in [-0.25, -0.2) is 9.59 Å². The van der Waals surface area contributed by atoms with Gasteiger partial charge < -0.3 is 20.4 Å². The highest BCUT2D eigenvalue weighted by molar-refractivity contribution is 6.01. The minimum Gasteiger partial charge on any atom is -0.480 e. The first-order valence-electron chi connectivity index (χ1n) is 5.05. The molecule has 1 aliphatic heterocycles. The molecule has 3 N–H and O–H groups in total. The van der Waals surface area contributed by atoms with E-state index in [4.69, 9.17) is 5.11 Å². The molecule has 2 aliphatic rings. The van der Waals surface area contributed by atoms with E-state index in [0.29, 0.717) is 12.8 Å². The summed E-state index contributed by atoms with van der Waals surface area (Å²) in [6, 6.07) is 0. The maximum absolute atomic E-state index is 11.7. The fourth-order valence-corrected chi connectivity index (χ4v) is 1.66. The number of aliphatic carboxylic acids is 1. The molecule has 0 aromatic rings. The molecule has 1 amide bonds. The van der Waals surface area contributed by atoms with Gasteiger partial charge in [0.1, 0.15) is 5.54 Å². The highest BCUT2D eigenvalue weighted by Crippen LogP contribution is 2.36. The molecule has 1 saturated carbocycles. The third kappa shape index (κ3) is 1.85. The first kappa shape index (κ1) is 11.8. The Morgan fingerprint density at radius 3 is 2.47 bits per heavy atom. The van der Waals surface area contributed by atoms with Crippen LogP contribution in [0.1, 0.15) is 12.8 Å². The first-order valence-corrected chi connectivity index (χ1v) is 5.05. The van der Waals surface area contributed by atoms with Gasteiger partial charge in [0.25, 0.3) is 0 Å². The van der Waals surface area contributed by atoms with Crippen LogP contribution in [0.15, 0.2) is 0 Å². The molecule has 2 fully saturated rings. The standard InChI is InChI=1S/C9H12N2O6/c1-11-6(13)4(7(14)17-11)5(12)10-9(2-3-9)8(15)16/h4,6,13H,2-3H2,1H3,(H,10,12)(H,15,16). The van der Waals surface area contributed by atoms with Crippen LogP contribution < -0.4 is 5.32 Å². The predicted octanol–water partition coefficient (Wildman–Crippen LogP) is -1.94. The van der Waals surface area contributed by atoms with Gasteiger partial charge in [-0.1, -0.05) is 0 Å². The molecule has 0 aromatic carbocycles. The second-order valence-corrected chi connectivity index (χ2v) is 4.22. The number of hydroxylamine groups is 2. The second kappa shape index (κ2) is 3.67. The van der Waals surface area contributed by atoms with E-state index in [9.17, 15) is 19.5 Å². The minimum atomic E-state index is -1.41. The van der Waals surface area contributed by atoms with Crippen molar-refractivity contribution in [3.63, 3.8) is 0 Å². The summed E-state index contributed by atoms with van der Waals surface area (Å²) in [7, 11) is 1.31. The van der Waals surface area contributed by atoms with Crippen LogP contribution in [0.2, 0.25) is 0 Å². The lowest BCUT2D eigenvalue weighted by molar-refractivity contribution is -0.183. The van der Waals surface area contributed by atoms with E-state index in [1.807, 2.05) is 0 Å². The number of aliphatic hydroxyl groups is 1. The first-order chi connectivity index (χ1) is 7.87. The molecule has 94 valence electrons. The van der Waals surface area contributed by atoms with E-state index in [0.717, 1.165) is 5.06 Å². The Bertz CT molecular complexity index is 391. The van der Waals surface area contributed by atoms with E-state index >= 15 is 0 Å². The molecule has 1 saturated heterocycles. The monoisotopic (exact) mass is 244 g/mol. The van der Waals surface area contributed by atoms with Crippen molar-refractivity contribution in [3.8, 4) is 0 Å². The summed E-state index contributed by atoms with van der Waals surface area (Å²) in [5.74, 6) is -4.26. The minimum absolute atomic E-state index is 0.321. The number of amides is 1. The molecule has 8 nitrogen and oxygen atoms in total. The average Bonchev–Trinajstić information content (AvgIpc) is 2.93. The Morgan fingerprint density at radius 1 is 1.53 bits per heavy atom. The van der Waals surface area contributed by atoms with E-state index in [1.165, 1.54) is 7.05 Å². The topological polar surface area (TPSA) is 116 Å². The number of carboxylic acids is 1. The summed E-state index contributed by atoms with van der Waals surface area (Å²) in [4.78, 5) is 38.4. The lowest BCUT2D eigenvalue weighted by atomic mass is 10.1. The zero-order valence-electron chi connectivity index (χ0n) is 9.04. The number of carboxylic acid groups (broad SMARTS) is 1. The zero-order valence-corrected chi connectivity index (χ0v) is 9.04. The van der Waals surface area contributed by atoms with Crippen molar-refractivity contribution in [1.82, 2.24) is 10.4 Å². The number of carbonyl (C=O) groups is 3. The van der Waals surface area contributed by atoms with Crippen molar-refractivity contribution in [2.75, 3.05) is 7.05 Å². The van der Waals surface area contributed by atoms with Gasteiger partial charge >= 0.3 is 11.9 Å². The van der Waals surface area contributed by atoms with Gasteiger partial charge in [-0.05, 0) is 12.8 Å². The molecule has 2 rings (SSSR count). The van der Waals surface area contributed by atoms with Crippen LogP contribution in [0.4, 0.5) is 0 Å². The molecule has 1 aliphatic carbocycles. The summed E-state index contributed by atoms with van der Waals surface area (Å²) < 4.78 is 0. The maximum atomic E-state index is 11.7. The van der Waals surface area contributed by atoms with E-state index in [1.54, 1.807) is 0 Å². The van der Waals surface area contributed by atoms with Crippen molar-refractivity contribution in [3.05, 3.63) is 0 Å². The SMILES string of the molecule is CN1OC(=O)C(C(=O)NC2(C(=O)O)CC2)C1O. The van der Waals surface area contributed by atoms with Crippen LogP contribution in [0.3, 0.4) is 0 Å². The summed E-state index contributed by atoms with van der Waals surface area (Å²) in [5, 5.41) is 21.5. The number of nitrogens with zero attached hydrogens (tertiary/aromatic N) is 1. The molecule has 0 radical (unpaired) electrons. The number of aliphatic hydroxyl groups excluding tert-OH is 1. The lowest BCUT2D eigenvalue weighted by Crippen LogP contribution is -2.49. The predicted molar refractivity (Wildman–Crippen MR) is 51.1 cm³/mol. The smallest absolute Gasteiger partial charge is 0.341 e. The maximum Gasteiger partial charge on any atom is 0.341 e. The molecule has 0 spiro atoms. The molecular weight excluding hydrogens is 232 g/mol. The largest absolute Gasteiger partial charge is 0.480 e. The van der Waals surface area contributed by atoms with Gasteiger partial charge in [-0.2, -0.15) is 0 Å². The molecule has 2 atom stereocenters. The molecular formula is C9H12N2O6. The van der Waals surface area contributed by atoms with E-state index in [-0.39, 0.29) is 0 Å². The van der Waals surface area contributed by atoms with Gasteiger partial charge in [0.15, 0.2) is 12.1 Å². The summed E-state index contributed by atoms with van der Waals surface area (Å²) >= 11 is 0. The van der Waals surface area contributed by atoms with Crippen LogP contribution >= 0.6 is 0 Å². The number of hydrogen-bond donors (Lipinski definition) is 3. The zero-order chi connectivity index (χ0) is 12.8. The lowest BCUT2D eigenvalue weighted by Gasteiger charge is -2.16. The molecule has 17 heavy (non-hydrogen) atoms. The van der Waals surface area contributed by atoms with Crippen molar-refractivity contribution in [2.45, 2.75) is 24.6 Å². The van der Waals surface area contributed by atoms with Crippen LogP contribution in [0.25, 0.3) is 0 Å². The summed E-state index contributed by atoms with van der Waals surface area (Å²) in [6.07, 6.45) is -0.754. The Kier molecular flexibility index (Phi) is 2.55. The summed E-state index contributed by atoms with van der Waals surface area (Å²) in [6.45, 7) is 0. The van der Waals surface area contributed by atoms with Crippen LogP contribution in [-0.2, 0) is 19.2 Å². The molecule has 8 heteroatoms. The fraction of sp³-hybridized carbons (Fsp3) is 0.667. The fourth-order valence-electron chi connectivity index (χ4n) is 1.66.